The first-order valence-electron chi connectivity index (χ1n) is 10.3. The Morgan fingerprint density at radius 1 is 1.33 bits per heavy atom. The van der Waals surface area contributed by atoms with E-state index in [0.29, 0.717) is 33.6 Å². The lowest BCUT2D eigenvalue weighted by Crippen LogP contribution is -2.34. The molecule has 0 spiro atoms. The van der Waals surface area contributed by atoms with Gasteiger partial charge in [0.15, 0.2) is 5.69 Å². The van der Waals surface area contributed by atoms with E-state index >= 15 is 0 Å². The topological polar surface area (TPSA) is 88.5 Å². The minimum Gasteiger partial charge on any atom is -0.495 e. The van der Waals surface area contributed by atoms with Crippen molar-refractivity contribution < 1.29 is 9.53 Å². The molecule has 0 saturated heterocycles. The van der Waals surface area contributed by atoms with Gasteiger partial charge in [-0.05, 0) is 56.6 Å². The molecule has 2 aromatic heterocycles. The molecule has 2 aliphatic rings. The van der Waals surface area contributed by atoms with Crippen molar-refractivity contribution >= 4 is 23.0 Å². The zero-order valence-electron chi connectivity index (χ0n) is 16.9. The predicted molar refractivity (Wildman–Crippen MR) is 114 cm³/mol. The molecule has 1 amide bonds. The van der Waals surface area contributed by atoms with Gasteiger partial charge in [0.1, 0.15) is 11.3 Å². The van der Waals surface area contributed by atoms with Gasteiger partial charge in [0.05, 0.1) is 24.0 Å². The molecule has 2 fully saturated rings. The second kappa shape index (κ2) is 7.16. The molecule has 0 unspecified atom stereocenters. The van der Waals surface area contributed by atoms with Crippen LogP contribution in [0.1, 0.15) is 54.6 Å². The first-order chi connectivity index (χ1) is 14.5. The Hall–Kier alpha value is -2.80. The highest BCUT2D eigenvalue weighted by Crippen LogP contribution is 2.43. The quantitative estimate of drug-likeness (QED) is 0.628. The van der Waals surface area contributed by atoms with Crippen LogP contribution in [0.2, 0.25) is 5.02 Å². The van der Waals surface area contributed by atoms with Gasteiger partial charge in [0.25, 0.3) is 11.5 Å². The molecule has 0 bridgehead atoms. The first kappa shape index (κ1) is 19.2. The van der Waals surface area contributed by atoms with Crippen LogP contribution in [0.3, 0.4) is 0 Å². The van der Waals surface area contributed by atoms with E-state index < -0.39 is 0 Å². The number of hydrogen-bond acceptors (Lipinski definition) is 4. The van der Waals surface area contributed by atoms with Crippen molar-refractivity contribution in [3.05, 3.63) is 51.0 Å². The minimum atomic E-state index is -0.259. The largest absolute Gasteiger partial charge is 0.495 e. The lowest BCUT2D eigenvalue weighted by atomic mass is 10.1. The van der Waals surface area contributed by atoms with Crippen LogP contribution in [0.25, 0.3) is 16.8 Å². The molecule has 2 aliphatic carbocycles. The molecular weight excluding hydrogens is 404 g/mol. The number of amides is 1. The van der Waals surface area contributed by atoms with Crippen LogP contribution >= 0.6 is 11.6 Å². The third-order valence-electron chi connectivity index (χ3n) is 6.01. The normalized spacial score (nSPS) is 17.2. The number of H-pyrrole nitrogens is 1. The number of nitrogens with zero attached hydrogens (tertiary/aromatic N) is 2. The van der Waals surface area contributed by atoms with E-state index in [1.54, 1.807) is 36.0 Å². The maximum absolute atomic E-state index is 13.0. The zero-order chi connectivity index (χ0) is 21.0. The number of aromatic amines is 1. The highest BCUT2D eigenvalue weighted by atomic mass is 35.5. The third kappa shape index (κ3) is 3.37. The molecule has 0 aliphatic heterocycles. The Morgan fingerprint density at radius 3 is 2.77 bits per heavy atom. The van der Waals surface area contributed by atoms with E-state index in [1.165, 1.54) is 0 Å². The number of hydrogen-bond donors (Lipinski definition) is 2. The Balaban J connectivity index is 1.59. The highest BCUT2D eigenvalue weighted by molar-refractivity contribution is 6.32. The molecule has 2 heterocycles. The Kier molecular flexibility index (Phi) is 4.58. The fourth-order valence-electron chi connectivity index (χ4n) is 3.99. The highest BCUT2D eigenvalue weighted by Gasteiger charge is 2.36. The van der Waals surface area contributed by atoms with Crippen molar-refractivity contribution in [2.24, 2.45) is 5.92 Å². The van der Waals surface area contributed by atoms with Crippen LogP contribution < -0.4 is 15.6 Å². The summed E-state index contributed by atoms with van der Waals surface area (Å²) in [4.78, 5) is 28.9. The second-order valence-electron chi connectivity index (χ2n) is 8.28. The molecular formula is C22H23ClN4O3. The van der Waals surface area contributed by atoms with Gasteiger partial charge in [-0.15, -0.1) is 0 Å². The summed E-state index contributed by atoms with van der Waals surface area (Å²) in [5.74, 6) is 1.07. The summed E-state index contributed by atoms with van der Waals surface area (Å²) in [5.41, 5.74) is 2.63. The number of methoxy groups -OCH3 is 1. The number of carbonyl (C=O) groups is 1. The van der Waals surface area contributed by atoms with E-state index in [4.69, 9.17) is 16.3 Å². The van der Waals surface area contributed by atoms with Crippen molar-refractivity contribution in [1.29, 1.82) is 0 Å². The number of rotatable bonds is 6. The molecule has 0 radical (unpaired) electrons. The number of nitrogens with one attached hydrogen (secondary N) is 2. The summed E-state index contributed by atoms with van der Waals surface area (Å²) in [7, 11) is 1.54. The summed E-state index contributed by atoms with van der Waals surface area (Å²) in [5, 5.41) is 8.10. The molecule has 1 atom stereocenters. The van der Waals surface area contributed by atoms with E-state index in [1.807, 2.05) is 6.92 Å². The SMILES string of the molecule is COc1cc(-c2cn3nc(C(=O)N[C@H](C)C4CC4)c(C4CC4)c3c(=O)[nH]2)ccc1Cl. The van der Waals surface area contributed by atoms with E-state index in [9.17, 15) is 9.59 Å². The zero-order valence-corrected chi connectivity index (χ0v) is 17.6. The number of carbonyl (C=O) groups excluding carboxylic acids is 1. The number of benzene rings is 1. The molecule has 30 heavy (non-hydrogen) atoms. The van der Waals surface area contributed by atoms with E-state index in [0.717, 1.165) is 36.8 Å². The van der Waals surface area contributed by atoms with Gasteiger partial charge in [-0.1, -0.05) is 17.7 Å². The average molecular weight is 427 g/mol. The molecule has 2 N–H and O–H groups in total. The van der Waals surface area contributed by atoms with Gasteiger partial charge in [-0.3, -0.25) is 9.59 Å². The molecule has 3 aromatic rings. The monoisotopic (exact) mass is 426 g/mol. The van der Waals surface area contributed by atoms with Crippen molar-refractivity contribution in [3.63, 3.8) is 0 Å². The van der Waals surface area contributed by atoms with Gasteiger partial charge in [-0.25, -0.2) is 4.52 Å². The molecule has 1 aromatic carbocycles. The minimum absolute atomic E-state index is 0.116. The van der Waals surface area contributed by atoms with Gasteiger partial charge in [-0.2, -0.15) is 5.10 Å². The van der Waals surface area contributed by atoms with Crippen molar-refractivity contribution in [2.75, 3.05) is 7.11 Å². The van der Waals surface area contributed by atoms with Crippen molar-refractivity contribution in [1.82, 2.24) is 19.9 Å². The lowest BCUT2D eigenvalue weighted by molar-refractivity contribution is 0.0929. The lowest BCUT2D eigenvalue weighted by Gasteiger charge is -2.12. The molecule has 5 rings (SSSR count). The van der Waals surface area contributed by atoms with Gasteiger partial charge < -0.3 is 15.0 Å². The standard InChI is InChI=1S/C22H23ClN4O3/c1-11(12-3-4-12)24-21(28)19-18(13-5-6-13)20-22(29)25-16(10-27(20)26-19)14-7-8-15(23)17(9-14)30-2/h7-13H,3-6H2,1-2H3,(H,24,28)(H,25,29)/t11-/m1/s1. The summed E-state index contributed by atoms with van der Waals surface area (Å²) in [6.07, 6.45) is 5.97. The van der Waals surface area contributed by atoms with Gasteiger partial charge in [0, 0.05) is 17.2 Å². The Morgan fingerprint density at radius 2 is 2.10 bits per heavy atom. The predicted octanol–water partition coefficient (Wildman–Crippen LogP) is 3.76. The maximum atomic E-state index is 13.0. The summed E-state index contributed by atoms with van der Waals surface area (Å²) in [6, 6.07) is 5.40. The van der Waals surface area contributed by atoms with Crippen LogP contribution in [0.5, 0.6) is 5.75 Å². The Labute approximate surface area is 178 Å². The Bertz CT molecular complexity index is 1210. The average Bonchev–Trinajstić information content (AvgIpc) is 3.64. The number of fused-ring (bicyclic) bond motifs is 1. The van der Waals surface area contributed by atoms with Crippen LogP contribution in [0.4, 0.5) is 0 Å². The fraction of sp³-hybridized carbons (Fsp3) is 0.409. The van der Waals surface area contributed by atoms with Crippen LogP contribution in [-0.4, -0.2) is 33.7 Å². The molecule has 8 heteroatoms. The number of halogens is 1. The summed E-state index contributed by atoms with van der Waals surface area (Å²) in [6.45, 7) is 2.03. The summed E-state index contributed by atoms with van der Waals surface area (Å²) < 4.78 is 6.82. The van der Waals surface area contributed by atoms with Crippen molar-refractivity contribution in [2.45, 2.75) is 44.6 Å². The molecule has 156 valence electrons. The van der Waals surface area contributed by atoms with Crippen LogP contribution in [0, 0.1) is 5.92 Å². The number of aromatic nitrogens is 3. The van der Waals surface area contributed by atoms with Crippen LogP contribution in [0.15, 0.2) is 29.2 Å². The molecule has 7 nitrogen and oxygen atoms in total. The second-order valence-corrected chi connectivity index (χ2v) is 8.68. The third-order valence-corrected chi connectivity index (χ3v) is 6.32. The molecule has 2 saturated carbocycles. The van der Waals surface area contributed by atoms with E-state index in [2.05, 4.69) is 15.4 Å². The number of ether oxygens (including phenoxy) is 1. The smallest absolute Gasteiger partial charge is 0.274 e. The maximum Gasteiger partial charge on any atom is 0.274 e. The van der Waals surface area contributed by atoms with Gasteiger partial charge >= 0.3 is 0 Å². The summed E-state index contributed by atoms with van der Waals surface area (Å²) >= 11 is 6.12. The van der Waals surface area contributed by atoms with Crippen molar-refractivity contribution in [3.8, 4) is 17.0 Å². The van der Waals surface area contributed by atoms with Gasteiger partial charge in [0.2, 0.25) is 0 Å². The first-order valence-corrected chi connectivity index (χ1v) is 10.6. The fourth-order valence-corrected chi connectivity index (χ4v) is 4.19. The van der Waals surface area contributed by atoms with Crippen LogP contribution in [-0.2, 0) is 0 Å². The van der Waals surface area contributed by atoms with E-state index in [-0.39, 0.29) is 23.4 Å².